The van der Waals surface area contributed by atoms with E-state index < -0.39 is 0 Å². The van der Waals surface area contributed by atoms with E-state index in [0.717, 1.165) is 0 Å². The average molecular weight is 1650 g/mol. The van der Waals surface area contributed by atoms with Crippen molar-refractivity contribution in [1.29, 1.82) is 0 Å². The van der Waals surface area contributed by atoms with E-state index in [0.29, 0.717) is 0 Å². The highest BCUT2D eigenvalue weighted by Crippen LogP contribution is 2.51. The van der Waals surface area contributed by atoms with E-state index in [-0.39, 0.29) is 0 Å². The first-order valence-corrected chi connectivity index (χ1v) is 45.0. The van der Waals surface area contributed by atoms with Gasteiger partial charge in [-0.15, -0.1) is 0 Å². The summed E-state index contributed by atoms with van der Waals surface area (Å²) in [5.41, 5.74) is 29.8. The van der Waals surface area contributed by atoms with Crippen molar-refractivity contribution in [3.8, 4) is 134 Å². The predicted molar refractivity (Wildman–Crippen MR) is 560 cm³/mol. The zero-order valence-electron chi connectivity index (χ0n) is 71.7. The molecule has 25 aromatic carbocycles. The highest BCUT2D eigenvalue weighted by atomic mass is 14.3. The van der Waals surface area contributed by atoms with Gasteiger partial charge < -0.3 is 0 Å². The molecule has 0 aliphatic carbocycles. The van der Waals surface area contributed by atoms with Gasteiger partial charge in [-0.1, -0.05) is 461 Å². The minimum Gasteiger partial charge on any atom is -0.0622 e. The quantitative estimate of drug-likeness (QED) is 0.107. The minimum absolute atomic E-state index is 1.22. The van der Waals surface area contributed by atoms with Crippen LogP contribution >= 0.6 is 0 Å². The Labute approximate surface area is 757 Å². The van der Waals surface area contributed by atoms with Crippen molar-refractivity contribution in [3.05, 3.63) is 522 Å². The van der Waals surface area contributed by atoms with Crippen LogP contribution in [0, 0.1) is 0 Å². The Bertz CT molecular complexity index is 8080. The molecule has 0 N–H and O–H groups in total. The van der Waals surface area contributed by atoms with Gasteiger partial charge in [0.1, 0.15) is 0 Å². The number of hydrogen-bond acceptors (Lipinski definition) is 0. The van der Waals surface area contributed by atoms with Crippen molar-refractivity contribution in [3.63, 3.8) is 0 Å². The van der Waals surface area contributed by atoms with Crippen LogP contribution in [0.4, 0.5) is 0 Å². The maximum Gasteiger partial charge on any atom is -0.00259 e. The van der Waals surface area contributed by atoms with Gasteiger partial charge in [0, 0.05) is 0 Å². The molecular formula is C130H86. The summed E-state index contributed by atoms with van der Waals surface area (Å²) in [6.07, 6.45) is 0. The first-order chi connectivity index (χ1) is 64.5. The second-order valence-electron chi connectivity index (χ2n) is 34.0. The number of benzene rings is 25. The lowest BCUT2D eigenvalue weighted by Crippen LogP contribution is -1.93. The van der Waals surface area contributed by atoms with Crippen molar-refractivity contribution >= 4 is 108 Å². The van der Waals surface area contributed by atoms with Gasteiger partial charge in [0.05, 0.1) is 0 Å². The van der Waals surface area contributed by atoms with Crippen LogP contribution in [-0.2, 0) is 0 Å². The van der Waals surface area contributed by atoms with Crippen LogP contribution in [0.2, 0.25) is 0 Å². The second-order valence-corrected chi connectivity index (χ2v) is 34.0. The number of rotatable bonds is 12. The molecule has 0 amide bonds. The molecule has 0 aromatic heterocycles. The van der Waals surface area contributed by atoms with E-state index in [1.54, 1.807) is 0 Å². The van der Waals surface area contributed by atoms with E-state index in [1.807, 2.05) is 0 Å². The number of hydrogen-bond donors (Lipinski definition) is 0. The first kappa shape index (κ1) is 77.9. The lowest BCUT2D eigenvalue weighted by atomic mass is 9.83. The van der Waals surface area contributed by atoms with Crippen molar-refractivity contribution in [2.24, 2.45) is 0 Å². The predicted octanol–water partition coefficient (Wildman–Crippen LogP) is 36.6. The minimum atomic E-state index is 1.22. The van der Waals surface area contributed by atoms with Crippen LogP contribution in [-0.4, -0.2) is 0 Å². The van der Waals surface area contributed by atoms with Crippen molar-refractivity contribution < 1.29 is 0 Å². The van der Waals surface area contributed by atoms with E-state index in [1.165, 1.54) is 241 Å². The molecule has 0 heterocycles. The Kier molecular flexibility index (Phi) is 20.5. The van der Waals surface area contributed by atoms with Crippen LogP contribution in [0.5, 0.6) is 0 Å². The molecule has 0 radical (unpaired) electrons. The highest BCUT2D eigenvalue weighted by Gasteiger charge is 2.24. The molecule has 130 heavy (non-hydrogen) atoms. The van der Waals surface area contributed by atoms with E-state index >= 15 is 0 Å². The Morgan fingerprint density at radius 3 is 0.415 bits per heavy atom. The molecule has 0 nitrogen and oxygen atoms in total. The van der Waals surface area contributed by atoms with Gasteiger partial charge in [-0.25, -0.2) is 0 Å². The van der Waals surface area contributed by atoms with Crippen molar-refractivity contribution in [1.82, 2.24) is 0 Å². The summed E-state index contributed by atoms with van der Waals surface area (Å²) in [6, 6.07) is 190. The monoisotopic (exact) mass is 1650 g/mol. The van der Waals surface area contributed by atoms with Crippen molar-refractivity contribution in [2.45, 2.75) is 0 Å². The fourth-order valence-electron chi connectivity index (χ4n) is 20.0. The zero-order valence-corrected chi connectivity index (χ0v) is 71.7. The molecule has 606 valence electrons. The van der Waals surface area contributed by atoms with Gasteiger partial charge in [-0.2, -0.15) is 0 Å². The normalized spacial score (nSPS) is 11.4. The Hall–Kier alpha value is -16.9. The Morgan fingerprint density at radius 1 is 0.0692 bits per heavy atom. The van der Waals surface area contributed by atoms with Gasteiger partial charge in [-0.05, 0) is 302 Å². The van der Waals surface area contributed by atoms with Crippen LogP contribution < -0.4 is 0 Å². The molecule has 0 aliphatic rings. The summed E-state index contributed by atoms with van der Waals surface area (Å²) in [5.74, 6) is 0. The molecule has 25 rings (SSSR count). The highest BCUT2D eigenvalue weighted by molar-refractivity contribution is 6.26. The Balaban J connectivity index is 0.000000112. The molecule has 0 fully saturated rings. The van der Waals surface area contributed by atoms with Crippen LogP contribution in [0.1, 0.15) is 0 Å². The molecule has 0 spiro atoms. The average Bonchev–Trinajstić information content (AvgIpc) is 0.745. The molecule has 0 unspecified atom stereocenters. The summed E-state index contributed by atoms with van der Waals surface area (Å²) in [5, 5.41) is 25.2. The first-order valence-electron chi connectivity index (χ1n) is 45.0. The topological polar surface area (TPSA) is 0 Å². The molecule has 0 saturated carbocycles. The fourth-order valence-corrected chi connectivity index (χ4v) is 20.0. The van der Waals surface area contributed by atoms with Gasteiger partial charge in [-0.3, -0.25) is 0 Å². The molecule has 0 atom stereocenters. The molecule has 0 bridgehead atoms. The van der Waals surface area contributed by atoms with Crippen LogP contribution in [0.3, 0.4) is 0 Å². The van der Waals surface area contributed by atoms with E-state index in [9.17, 15) is 0 Å². The second kappa shape index (κ2) is 34.2. The SMILES string of the molecule is c1ccc(-c2c3ccc(-c4ccc5ccccc5c4)cc3c(-c3ccccc3)c3ccc(-c4ccc5ccccc5c4)cc23)cc1.c1ccc(-c2ccc3c(-c4ccc5ccccc5c4)c4cc(-c5ccccc5)ccc4c(-c4ccc5ccccc5c4)c3c2)cc1.c1ccc(-c2ccc3c(-c4ccccc4)c4cc(-c5ccccc5)ccc4c(-c4ccccc4)c3c2)cc1. The molecule has 0 heteroatoms. The standard InChI is InChI=1S/2C46H30.C38H26/c1-3-13-33(14-4-1)45-41-25-23-40(38-22-20-32-12-8-10-18-36(32)28-38)30-44(41)46(34-15-5-2-6-16-34)42-26-24-39(29-43(42)45)37-21-19-31-11-7-9-17-35(31)27-37;1-3-11-31(12-4-1)37-23-25-41-43(29-37)45(39-21-19-33-15-7-9-17-35(33)27-39)42-26-24-38(32-13-5-2-6-14-32)30-44(42)46(41)40-22-20-34-16-8-10-18-36(34)28-40;1-5-13-27(14-6-1)31-21-23-33-35(25-31)37(29-17-9-3-10-18-29)34-24-22-32(28-15-7-2-8-16-28)26-36(34)38(33)30-19-11-4-12-20-30/h2*1-30H;1-26H. The number of fused-ring (bicyclic) bond motifs is 10. The third kappa shape index (κ3) is 14.9. The van der Waals surface area contributed by atoms with Gasteiger partial charge in [0.2, 0.25) is 0 Å². The van der Waals surface area contributed by atoms with Gasteiger partial charge >= 0.3 is 0 Å². The molecular weight excluding hydrogens is 1560 g/mol. The lowest BCUT2D eigenvalue weighted by Gasteiger charge is -2.20. The summed E-state index contributed by atoms with van der Waals surface area (Å²) >= 11 is 0. The third-order valence-corrected chi connectivity index (χ3v) is 26.3. The summed E-state index contributed by atoms with van der Waals surface area (Å²) < 4.78 is 0. The summed E-state index contributed by atoms with van der Waals surface area (Å²) in [4.78, 5) is 0. The fraction of sp³-hybridized carbons (Fsp3) is 0. The third-order valence-electron chi connectivity index (χ3n) is 26.3. The lowest BCUT2D eigenvalue weighted by molar-refractivity contribution is 1.62. The summed E-state index contributed by atoms with van der Waals surface area (Å²) in [7, 11) is 0. The van der Waals surface area contributed by atoms with Crippen LogP contribution in [0.15, 0.2) is 522 Å². The molecule has 25 aromatic rings. The maximum atomic E-state index is 2.41. The van der Waals surface area contributed by atoms with Crippen LogP contribution in [0.25, 0.3) is 241 Å². The van der Waals surface area contributed by atoms with E-state index in [2.05, 4.69) is 522 Å². The van der Waals surface area contributed by atoms with Gasteiger partial charge in [0.15, 0.2) is 0 Å². The largest absolute Gasteiger partial charge is 0.0622 e. The summed E-state index contributed by atoms with van der Waals surface area (Å²) in [6.45, 7) is 0. The smallest absolute Gasteiger partial charge is 0.00259 e. The molecule has 0 aliphatic heterocycles. The molecule has 0 saturated heterocycles. The zero-order chi connectivity index (χ0) is 86.2. The maximum absolute atomic E-state index is 2.41. The van der Waals surface area contributed by atoms with Crippen molar-refractivity contribution in [2.75, 3.05) is 0 Å². The van der Waals surface area contributed by atoms with Gasteiger partial charge in [0.25, 0.3) is 0 Å². The van der Waals surface area contributed by atoms with E-state index in [4.69, 9.17) is 0 Å². The Morgan fingerprint density at radius 2 is 0.208 bits per heavy atom.